The Morgan fingerprint density at radius 3 is 2.05 bits per heavy atom. The summed E-state index contributed by atoms with van der Waals surface area (Å²) in [6.07, 6.45) is 0. The van der Waals surface area contributed by atoms with Crippen molar-refractivity contribution in [3.63, 3.8) is 0 Å². The van der Waals surface area contributed by atoms with Gasteiger partial charge in [0, 0.05) is 0 Å². The standard InChI is InChI=1S/C17H17NO/c1-12-4-7-16(10-13(12)2)17(3,19)15-8-5-14(11-18)6-9-15/h4-10,19H,1-3H3. The summed E-state index contributed by atoms with van der Waals surface area (Å²) in [5, 5.41) is 19.6. The largest absolute Gasteiger partial charge is 0.381 e. The van der Waals surface area contributed by atoms with Crippen molar-refractivity contribution in [1.82, 2.24) is 0 Å². The molecule has 0 aliphatic rings. The Balaban J connectivity index is 2.45. The topological polar surface area (TPSA) is 44.0 Å². The molecule has 2 aromatic carbocycles. The van der Waals surface area contributed by atoms with Gasteiger partial charge in [-0.2, -0.15) is 5.26 Å². The number of aryl methyl sites for hydroxylation is 2. The van der Waals surface area contributed by atoms with Crippen LogP contribution in [0.1, 0.15) is 34.7 Å². The van der Waals surface area contributed by atoms with E-state index >= 15 is 0 Å². The number of rotatable bonds is 2. The molecule has 1 unspecified atom stereocenters. The Morgan fingerprint density at radius 2 is 1.53 bits per heavy atom. The molecule has 2 aromatic rings. The third-order valence-corrected chi connectivity index (χ3v) is 3.65. The van der Waals surface area contributed by atoms with Crippen LogP contribution in [-0.2, 0) is 5.60 Å². The van der Waals surface area contributed by atoms with E-state index < -0.39 is 5.60 Å². The van der Waals surface area contributed by atoms with Crippen LogP contribution < -0.4 is 0 Å². The van der Waals surface area contributed by atoms with Crippen LogP contribution in [0.2, 0.25) is 0 Å². The van der Waals surface area contributed by atoms with Gasteiger partial charge >= 0.3 is 0 Å². The van der Waals surface area contributed by atoms with Gasteiger partial charge in [0.2, 0.25) is 0 Å². The third-order valence-electron chi connectivity index (χ3n) is 3.65. The van der Waals surface area contributed by atoms with Crippen molar-refractivity contribution in [2.45, 2.75) is 26.4 Å². The second kappa shape index (κ2) is 4.87. The highest BCUT2D eigenvalue weighted by atomic mass is 16.3. The maximum atomic E-state index is 10.8. The van der Waals surface area contributed by atoms with Gasteiger partial charge in [0.25, 0.3) is 0 Å². The Morgan fingerprint density at radius 1 is 0.947 bits per heavy atom. The molecule has 0 aliphatic carbocycles. The van der Waals surface area contributed by atoms with E-state index in [0.29, 0.717) is 5.56 Å². The minimum absolute atomic E-state index is 0.597. The Hall–Kier alpha value is -2.11. The molecule has 2 nitrogen and oxygen atoms in total. The summed E-state index contributed by atoms with van der Waals surface area (Å²) in [6, 6.07) is 15.1. The molecule has 0 aromatic heterocycles. The fourth-order valence-corrected chi connectivity index (χ4v) is 2.08. The van der Waals surface area contributed by atoms with Gasteiger partial charge in [-0.15, -0.1) is 0 Å². The number of nitrogens with zero attached hydrogens (tertiary/aromatic N) is 1. The molecule has 1 atom stereocenters. The zero-order valence-corrected chi connectivity index (χ0v) is 11.4. The Labute approximate surface area is 114 Å². The normalized spacial score (nSPS) is 13.6. The summed E-state index contributed by atoms with van der Waals surface area (Å²) in [5.41, 5.74) is 3.56. The van der Waals surface area contributed by atoms with Gasteiger partial charge in [0.05, 0.1) is 11.6 Å². The van der Waals surface area contributed by atoms with Crippen LogP contribution in [0, 0.1) is 25.2 Å². The van der Waals surface area contributed by atoms with Crippen molar-refractivity contribution in [3.8, 4) is 6.07 Å². The first kappa shape index (κ1) is 13.3. The van der Waals surface area contributed by atoms with Crippen LogP contribution in [0.15, 0.2) is 42.5 Å². The molecule has 1 N–H and O–H groups in total. The molecular formula is C17H17NO. The second-order valence-corrected chi connectivity index (χ2v) is 5.06. The number of benzene rings is 2. The maximum Gasteiger partial charge on any atom is 0.112 e. The minimum atomic E-state index is -1.05. The van der Waals surface area contributed by atoms with Gasteiger partial charge in [-0.1, -0.05) is 30.3 Å². The van der Waals surface area contributed by atoms with Crippen molar-refractivity contribution >= 4 is 0 Å². The van der Waals surface area contributed by atoms with Crippen molar-refractivity contribution in [2.75, 3.05) is 0 Å². The average Bonchev–Trinajstić information content (AvgIpc) is 2.41. The van der Waals surface area contributed by atoms with Crippen LogP contribution in [0.4, 0.5) is 0 Å². The molecule has 0 saturated carbocycles. The molecular weight excluding hydrogens is 234 g/mol. The predicted molar refractivity (Wildman–Crippen MR) is 75.7 cm³/mol. The summed E-state index contributed by atoms with van der Waals surface area (Å²) < 4.78 is 0. The predicted octanol–water partition coefficient (Wildman–Crippen LogP) is 3.43. The van der Waals surface area contributed by atoms with E-state index in [0.717, 1.165) is 16.7 Å². The second-order valence-electron chi connectivity index (χ2n) is 5.06. The molecule has 0 heterocycles. The molecule has 0 aliphatic heterocycles. The van der Waals surface area contributed by atoms with Gasteiger partial charge in [-0.05, 0) is 55.2 Å². The number of nitriles is 1. The lowest BCUT2D eigenvalue weighted by molar-refractivity contribution is 0.102. The summed E-state index contributed by atoms with van der Waals surface area (Å²) in [5.74, 6) is 0. The zero-order valence-electron chi connectivity index (χ0n) is 11.4. The fourth-order valence-electron chi connectivity index (χ4n) is 2.08. The van der Waals surface area contributed by atoms with Crippen LogP contribution >= 0.6 is 0 Å². The van der Waals surface area contributed by atoms with Gasteiger partial charge in [-0.3, -0.25) is 0 Å². The molecule has 0 spiro atoms. The van der Waals surface area contributed by atoms with Gasteiger partial charge < -0.3 is 5.11 Å². The van der Waals surface area contributed by atoms with E-state index in [-0.39, 0.29) is 0 Å². The fraction of sp³-hybridized carbons (Fsp3) is 0.235. The van der Waals surface area contributed by atoms with E-state index in [9.17, 15) is 5.11 Å². The number of hydrogen-bond donors (Lipinski definition) is 1. The molecule has 19 heavy (non-hydrogen) atoms. The highest BCUT2D eigenvalue weighted by Crippen LogP contribution is 2.30. The highest BCUT2D eigenvalue weighted by Gasteiger charge is 2.25. The van der Waals surface area contributed by atoms with Crippen molar-refractivity contribution in [3.05, 3.63) is 70.3 Å². The molecule has 0 saturated heterocycles. The van der Waals surface area contributed by atoms with Crippen molar-refractivity contribution in [1.29, 1.82) is 5.26 Å². The lowest BCUT2D eigenvalue weighted by Gasteiger charge is -2.25. The van der Waals surface area contributed by atoms with E-state index in [2.05, 4.69) is 13.0 Å². The summed E-state index contributed by atoms with van der Waals surface area (Å²) in [6.45, 7) is 5.86. The average molecular weight is 251 g/mol. The minimum Gasteiger partial charge on any atom is -0.381 e. The van der Waals surface area contributed by atoms with Crippen LogP contribution in [-0.4, -0.2) is 5.11 Å². The van der Waals surface area contributed by atoms with E-state index in [1.165, 1.54) is 5.56 Å². The van der Waals surface area contributed by atoms with E-state index in [1.54, 1.807) is 31.2 Å². The molecule has 2 rings (SSSR count). The molecule has 0 fully saturated rings. The summed E-state index contributed by atoms with van der Waals surface area (Å²) >= 11 is 0. The first-order valence-electron chi connectivity index (χ1n) is 6.26. The van der Waals surface area contributed by atoms with Crippen LogP contribution in [0.5, 0.6) is 0 Å². The smallest absolute Gasteiger partial charge is 0.112 e. The van der Waals surface area contributed by atoms with E-state index in [1.807, 2.05) is 25.1 Å². The first-order chi connectivity index (χ1) is 8.95. The Kier molecular flexibility index (Phi) is 3.42. The number of aliphatic hydroxyl groups is 1. The van der Waals surface area contributed by atoms with Crippen molar-refractivity contribution < 1.29 is 5.11 Å². The molecule has 0 amide bonds. The SMILES string of the molecule is Cc1ccc(C(C)(O)c2ccc(C#N)cc2)cc1C. The zero-order chi connectivity index (χ0) is 14.0. The monoisotopic (exact) mass is 251 g/mol. The number of hydrogen-bond acceptors (Lipinski definition) is 2. The third kappa shape index (κ3) is 2.52. The van der Waals surface area contributed by atoms with Crippen LogP contribution in [0.25, 0.3) is 0 Å². The Bertz CT molecular complexity index is 633. The summed E-state index contributed by atoms with van der Waals surface area (Å²) in [4.78, 5) is 0. The van der Waals surface area contributed by atoms with Crippen LogP contribution in [0.3, 0.4) is 0 Å². The van der Waals surface area contributed by atoms with Crippen molar-refractivity contribution in [2.24, 2.45) is 0 Å². The first-order valence-corrected chi connectivity index (χ1v) is 6.26. The van der Waals surface area contributed by atoms with Gasteiger partial charge in [-0.25, -0.2) is 0 Å². The molecule has 0 bridgehead atoms. The van der Waals surface area contributed by atoms with Gasteiger partial charge in [0.1, 0.15) is 5.60 Å². The maximum absolute atomic E-state index is 10.8. The molecule has 96 valence electrons. The molecule has 2 heteroatoms. The molecule has 0 radical (unpaired) electrons. The van der Waals surface area contributed by atoms with E-state index in [4.69, 9.17) is 5.26 Å². The lowest BCUT2D eigenvalue weighted by Crippen LogP contribution is -2.22. The summed E-state index contributed by atoms with van der Waals surface area (Å²) in [7, 11) is 0. The highest BCUT2D eigenvalue weighted by molar-refractivity contribution is 5.41. The van der Waals surface area contributed by atoms with Gasteiger partial charge in [0.15, 0.2) is 0 Å². The lowest BCUT2D eigenvalue weighted by atomic mass is 9.86. The quantitative estimate of drug-likeness (QED) is 0.888.